The van der Waals surface area contributed by atoms with E-state index in [-0.39, 0.29) is 17.8 Å². The molecule has 7 heteroatoms. The predicted octanol–water partition coefficient (Wildman–Crippen LogP) is 5.89. The summed E-state index contributed by atoms with van der Waals surface area (Å²) in [5.41, 5.74) is 4.97. The van der Waals surface area contributed by atoms with Gasteiger partial charge in [0.1, 0.15) is 12.4 Å². The first kappa shape index (κ1) is 23.6. The van der Waals surface area contributed by atoms with E-state index >= 15 is 0 Å². The average molecular weight is 473 g/mol. The molecule has 1 unspecified atom stereocenters. The Labute approximate surface area is 204 Å². The van der Waals surface area contributed by atoms with Gasteiger partial charge in [0, 0.05) is 11.4 Å². The summed E-state index contributed by atoms with van der Waals surface area (Å²) in [4.78, 5) is 13.0. The lowest BCUT2D eigenvalue weighted by molar-refractivity contribution is -0.115. The lowest BCUT2D eigenvalue weighted by atomic mass is 10.1. The van der Waals surface area contributed by atoms with Gasteiger partial charge in [-0.2, -0.15) is 0 Å². The van der Waals surface area contributed by atoms with Gasteiger partial charge in [0.15, 0.2) is 11.0 Å². The molecule has 34 heavy (non-hydrogen) atoms. The maximum atomic E-state index is 13.0. The normalized spacial score (nSPS) is 11.8. The molecule has 1 heterocycles. The van der Waals surface area contributed by atoms with E-state index in [1.54, 1.807) is 0 Å². The number of hydrogen-bond donors (Lipinski definition) is 1. The van der Waals surface area contributed by atoms with Gasteiger partial charge < -0.3 is 10.1 Å². The Hall–Kier alpha value is -3.58. The number of nitrogens with zero attached hydrogens (tertiary/aromatic N) is 3. The quantitative estimate of drug-likeness (QED) is 0.324. The Bertz CT molecular complexity index is 1270. The van der Waals surface area contributed by atoms with E-state index in [4.69, 9.17) is 4.74 Å². The highest BCUT2D eigenvalue weighted by molar-refractivity contribution is 8.00. The fraction of sp³-hybridized carbons (Fsp3) is 0.222. The number of amides is 1. The molecule has 0 saturated carbocycles. The third-order valence-electron chi connectivity index (χ3n) is 5.45. The second-order valence-corrected chi connectivity index (χ2v) is 9.50. The van der Waals surface area contributed by atoms with Gasteiger partial charge in [-0.1, -0.05) is 60.3 Å². The Morgan fingerprint density at radius 3 is 2.38 bits per heavy atom. The lowest BCUT2D eigenvalue weighted by Gasteiger charge is -2.16. The van der Waals surface area contributed by atoms with Crippen molar-refractivity contribution in [2.24, 2.45) is 0 Å². The van der Waals surface area contributed by atoms with Crippen molar-refractivity contribution in [1.82, 2.24) is 14.8 Å². The Kier molecular flexibility index (Phi) is 7.33. The number of carbonyl (C=O) groups is 1. The molecule has 3 aromatic carbocycles. The van der Waals surface area contributed by atoms with Crippen molar-refractivity contribution in [1.29, 1.82) is 0 Å². The van der Waals surface area contributed by atoms with Crippen molar-refractivity contribution < 1.29 is 9.53 Å². The molecule has 1 N–H and O–H groups in total. The summed E-state index contributed by atoms with van der Waals surface area (Å²) in [6, 6.07) is 23.7. The number of thioether (sulfide) groups is 1. The van der Waals surface area contributed by atoms with Crippen LogP contribution in [-0.4, -0.2) is 25.9 Å². The number of nitrogens with one attached hydrogen (secondary N) is 1. The highest BCUT2D eigenvalue weighted by Crippen LogP contribution is 2.28. The molecule has 0 aliphatic heterocycles. The Morgan fingerprint density at radius 1 is 0.971 bits per heavy atom. The summed E-state index contributed by atoms with van der Waals surface area (Å²) in [6.07, 6.45) is 0. The third-order valence-corrected chi connectivity index (χ3v) is 6.50. The number of rotatable bonds is 8. The van der Waals surface area contributed by atoms with Crippen molar-refractivity contribution >= 4 is 23.4 Å². The van der Waals surface area contributed by atoms with Crippen molar-refractivity contribution in [2.45, 2.75) is 44.7 Å². The summed E-state index contributed by atoms with van der Waals surface area (Å²) in [7, 11) is 0. The molecule has 0 aliphatic carbocycles. The zero-order valence-corrected chi connectivity index (χ0v) is 20.6. The zero-order chi connectivity index (χ0) is 24.1. The average Bonchev–Trinajstić information content (AvgIpc) is 3.23. The van der Waals surface area contributed by atoms with Crippen LogP contribution in [0.2, 0.25) is 0 Å². The molecule has 174 valence electrons. The van der Waals surface area contributed by atoms with Crippen LogP contribution in [0.1, 0.15) is 29.4 Å². The highest BCUT2D eigenvalue weighted by atomic mass is 32.2. The van der Waals surface area contributed by atoms with Crippen molar-refractivity contribution in [3.8, 4) is 11.4 Å². The van der Waals surface area contributed by atoms with Crippen LogP contribution >= 0.6 is 11.8 Å². The second kappa shape index (κ2) is 10.6. The molecule has 4 aromatic rings. The van der Waals surface area contributed by atoms with E-state index in [0.29, 0.717) is 11.0 Å². The first-order valence-electron chi connectivity index (χ1n) is 11.2. The predicted molar refractivity (Wildman–Crippen MR) is 137 cm³/mol. The van der Waals surface area contributed by atoms with Crippen LogP contribution in [0, 0.1) is 20.8 Å². The first-order chi connectivity index (χ1) is 16.4. The minimum absolute atomic E-state index is 0.0810. The maximum Gasteiger partial charge on any atom is 0.237 e. The van der Waals surface area contributed by atoms with Crippen LogP contribution in [0.3, 0.4) is 0 Å². The number of aryl methyl sites for hydroxylation is 3. The molecule has 1 aromatic heterocycles. The molecule has 1 amide bonds. The van der Waals surface area contributed by atoms with Gasteiger partial charge in [0.05, 0.1) is 5.25 Å². The van der Waals surface area contributed by atoms with Crippen molar-refractivity contribution in [3.05, 3.63) is 95.3 Å². The molecule has 6 nitrogen and oxygen atoms in total. The van der Waals surface area contributed by atoms with Crippen molar-refractivity contribution in [2.75, 3.05) is 5.32 Å². The molecule has 0 saturated heterocycles. The van der Waals surface area contributed by atoms with E-state index < -0.39 is 0 Å². The summed E-state index contributed by atoms with van der Waals surface area (Å²) >= 11 is 1.37. The molecule has 0 bridgehead atoms. The summed E-state index contributed by atoms with van der Waals surface area (Å²) in [5.74, 6) is 1.36. The molecule has 0 radical (unpaired) electrons. The maximum absolute atomic E-state index is 13.0. The fourth-order valence-corrected chi connectivity index (χ4v) is 4.49. The van der Waals surface area contributed by atoms with Gasteiger partial charge >= 0.3 is 0 Å². The van der Waals surface area contributed by atoms with Crippen LogP contribution < -0.4 is 10.1 Å². The van der Waals surface area contributed by atoms with Gasteiger partial charge in [-0.15, -0.1) is 10.2 Å². The minimum Gasteiger partial charge on any atom is -0.486 e. The van der Waals surface area contributed by atoms with Crippen LogP contribution in [0.5, 0.6) is 5.75 Å². The van der Waals surface area contributed by atoms with E-state index in [1.165, 1.54) is 11.8 Å². The van der Waals surface area contributed by atoms with Gasteiger partial charge in [0.25, 0.3) is 0 Å². The topological polar surface area (TPSA) is 69.0 Å². The monoisotopic (exact) mass is 472 g/mol. The standard InChI is InChI=1S/C27H28N4O2S/c1-18-10-8-15-23(16-18)33-17-24-29-30-27(31(24)22-13-6-5-7-14-22)34-21(4)26(32)28-25-19(2)11-9-12-20(25)3/h5-16,21H,17H2,1-4H3,(H,28,32). The second-order valence-electron chi connectivity index (χ2n) is 8.19. The number of benzene rings is 3. The van der Waals surface area contributed by atoms with Gasteiger partial charge in [0.2, 0.25) is 5.91 Å². The van der Waals surface area contributed by atoms with Gasteiger partial charge in [-0.05, 0) is 68.7 Å². The molecule has 0 aliphatic rings. The number of aromatic nitrogens is 3. The van der Waals surface area contributed by atoms with Gasteiger partial charge in [-0.3, -0.25) is 9.36 Å². The van der Waals surface area contributed by atoms with E-state index in [9.17, 15) is 4.79 Å². The Morgan fingerprint density at radius 2 is 1.68 bits per heavy atom. The van der Waals surface area contributed by atoms with Crippen LogP contribution in [0.15, 0.2) is 78.0 Å². The van der Waals surface area contributed by atoms with Crippen LogP contribution in [0.4, 0.5) is 5.69 Å². The largest absolute Gasteiger partial charge is 0.486 e. The van der Waals surface area contributed by atoms with E-state index in [1.807, 2.05) is 105 Å². The van der Waals surface area contributed by atoms with E-state index in [2.05, 4.69) is 15.5 Å². The number of hydrogen-bond acceptors (Lipinski definition) is 5. The fourth-order valence-electron chi connectivity index (χ4n) is 3.61. The molecule has 0 fully saturated rings. The number of anilines is 1. The van der Waals surface area contributed by atoms with Crippen LogP contribution in [-0.2, 0) is 11.4 Å². The number of para-hydroxylation sites is 2. The minimum atomic E-state index is -0.379. The number of carbonyl (C=O) groups excluding carboxylic acids is 1. The Balaban J connectivity index is 1.55. The highest BCUT2D eigenvalue weighted by Gasteiger charge is 2.22. The lowest BCUT2D eigenvalue weighted by Crippen LogP contribution is -2.24. The third kappa shape index (κ3) is 5.48. The number of ether oxygens (including phenoxy) is 1. The summed E-state index contributed by atoms with van der Waals surface area (Å²) in [5, 5.41) is 12.1. The molecule has 1 atom stereocenters. The smallest absolute Gasteiger partial charge is 0.237 e. The van der Waals surface area contributed by atoms with Gasteiger partial charge in [-0.25, -0.2) is 0 Å². The van der Waals surface area contributed by atoms with Crippen LogP contribution in [0.25, 0.3) is 5.69 Å². The van der Waals surface area contributed by atoms with E-state index in [0.717, 1.165) is 33.8 Å². The summed E-state index contributed by atoms with van der Waals surface area (Å²) in [6.45, 7) is 8.15. The molecular weight excluding hydrogens is 444 g/mol. The SMILES string of the molecule is Cc1cccc(OCc2nnc(SC(C)C(=O)Nc3c(C)cccc3C)n2-c2ccccc2)c1. The van der Waals surface area contributed by atoms with Crippen molar-refractivity contribution in [3.63, 3.8) is 0 Å². The molecule has 4 rings (SSSR count). The molecule has 0 spiro atoms. The first-order valence-corrected chi connectivity index (χ1v) is 12.0. The summed E-state index contributed by atoms with van der Waals surface area (Å²) < 4.78 is 7.94. The molecular formula is C27H28N4O2S. The zero-order valence-electron chi connectivity index (χ0n) is 19.8.